The number of nitrogens with two attached hydrogens (primary N) is 3. The first kappa shape index (κ1) is 36.2. The van der Waals surface area contributed by atoms with E-state index in [2.05, 4.69) is 19.9 Å². The topological polar surface area (TPSA) is 144 Å². The lowest BCUT2D eigenvalue weighted by Gasteiger charge is -2.42. The van der Waals surface area contributed by atoms with Gasteiger partial charge in [-0.1, -0.05) is 12.1 Å². The van der Waals surface area contributed by atoms with Crippen molar-refractivity contribution in [2.45, 2.75) is 82.6 Å². The van der Waals surface area contributed by atoms with E-state index in [9.17, 15) is 22.4 Å². The molecule has 0 spiro atoms. The molecule has 13 heteroatoms. The second-order valence-electron chi connectivity index (χ2n) is 13.0. The van der Waals surface area contributed by atoms with Crippen LogP contribution in [0.5, 0.6) is 0 Å². The van der Waals surface area contributed by atoms with Gasteiger partial charge < -0.3 is 22.2 Å². The molecule has 1 saturated heterocycles. The molecule has 9 nitrogen and oxygen atoms in total. The van der Waals surface area contributed by atoms with Crippen molar-refractivity contribution in [2.75, 3.05) is 26.3 Å². The van der Waals surface area contributed by atoms with Gasteiger partial charge in [0.1, 0.15) is 11.5 Å². The average molecular weight is 683 g/mol. The zero-order valence-electron chi connectivity index (χ0n) is 27.9. The maximum absolute atomic E-state index is 13.8. The zero-order valence-corrected chi connectivity index (χ0v) is 27.9. The van der Waals surface area contributed by atoms with Gasteiger partial charge >= 0.3 is 11.9 Å². The molecule has 0 amide bonds. The molecule has 2 aromatic carbocycles. The highest BCUT2D eigenvalue weighted by molar-refractivity contribution is 5.83. The minimum atomic E-state index is -4.51. The summed E-state index contributed by atoms with van der Waals surface area (Å²) in [5, 5.41) is 0.583. The summed E-state index contributed by atoms with van der Waals surface area (Å²) in [6, 6.07) is 13.7. The van der Waals surface area contributed by atoms with E-state index in [0.29, 0.717) is 72.5 Å². The first-order valence-corrected chi connectivity index (χ1v) is 17.0. The number of hydrogen-bond acceptors (Lipinski definition) is 6. The third kappa shape index (κ3) is 9.14. The van der Waals surface area contributed by atoms with Crippen molar-refractivity contribution >= 4 is 16.9 Å². The van der Waals surface area contributed by atoms with Crippen LogP contribution in [0.3, 0.4) is 0 Å². The van der Waals surface area contributed by atoms with Gasteiger partial charge in [0.05, 0.1) is 24.5 Å². The molecule has 0 bridgehead atoms. The quantitative estimate of drug-likeness (QED) is 0.0727. The molecule has 264 valence electrons. The van der Waals surface area contributed by atoms with E-state index in [0.717, 1.165) is 37.3 Å². The normalized spacial score (nSPS) is 18.3. The average Bonchev–Trinajstić information content (AvgIpc) is 3.49. The maximum atomic E-state index is 13.8. The predicted octanol–water partition coefficient (Wildman–Crippen LogP) is 6.03. The van der Waals surface area contributed by atoms with Crippen LogP contribution in [0.1, 0.15) is 74.6 Å². The van der Waals surface area contributed by atoms with E-state index in [1.54, 1.807) is 18.3 Å². The number of hydrogen-bond donors (Lipinski definition) is 4. The molecular formula is C36H46F4N8O. The number of fused-ring (bicyclic) bond motifs is 1. The van der Waals surface area contributed by atoms with Gasteiger partial charge in [-0.05, 0) is 111 Å². The molecule has 1 fully saturated rings. The van der Waals surface area contributed by atoms with Gasteiger partial charge in [-0.25, -0.2) is 4.79 Å². The van der Waals surface area contributed by atoms with Crippen molar-refractivity contribution < 1.29 is 17.6 Å². The van der Waals surface area contributed by atoms with Gasteiger partial charge in [0.2, 0.25) is 0 Å². The first-order chi connectivity index (χ1) is 23.5. The second kappa shape index (κ2) is 16.1. The summed E-state index contributed by atoms with van der Waals surface area (Å²) in [5.74, 6) is 0.422. The van der Waals surface area contributed by atoms with Crippen molar-refractivity contribution in [2.24, 2.45) is 22.2 Å². The molecule has 0 saturated carbocycles. The van der Waals surface area contributed by atoms with Gasteiger partial charge in [-0.2, -0.15) is 18.2 Å². The summed E-state index contributed by atoms with van der Waals surface area (Å²) in [4.78, 5) is 27.2. The molecule has 1 aliphatic rings. The zero-order chi connectivity index (χ0) is 35.1. The molecule has 49 heavy (non-hydrogen) atoms. The SMILES string of the molecule is C[C@H](N)CCCc1cc(-c2cc3cn(-c4ccc([C@@H]5CCC[C@@H](CCN=C(N)CN)N5CCCF)cc4)c(=O)nc3[nH]2)cc(C(F)(F)F)c1. The molecule has 0 radical (unpaired) electrons. The van der Waals surface area contributed by atoms with Crippen molar-refractivity contribution in [3.8, 4) is 16.9 Å². The number of alkyl halides is 4. The summed E-state index contributed by atoms with van der Waals surface area (Å²) < 4.78 is 56.2. The van der Waals surface area contributed by atoms with Gasteiger partial charge in [-0.3, -0.25) is 18.8 Å². The molecule has 2 aromatic heterocycles. The van der Waals surface area contributed by atoms with Crippen LogP contribution in [0, 0.1) is 0 Å². The van der Waals surface area contributed by atoms with Gasteiger partial charge in [0.25, 0.3) is 0 Å². The minimum absolute atomic E-state index is 0.0334. The van der Waals surface area contributed by atoms with Crippen LogP contribution in [0.15, 0.2) is 64.5 Å². The highest BCUT2D eigenvalue weighted by Gasteiger charge is 2.32. The fraction of sp³-hybridized carbons (Fsp3) is 0.472. The lowest BCUT2D eigenvalue weighted by atomic mass is 9.89. The second-order valence-corrected chi connectivity index (χ2v) is 13.0. The highest BCUT2D eigenvalue weighted by atomic mass is 19.4. The fourth-order valence-electron chi connectivity index (χ4n) is 6.78. The molecule has 1 aliphatic heterocycles. The van der Waals surface area contributed by atoms with Crippen molar-refractivity contribution in [1.29, 1.82) is 0 Å². The lowest BCUT2D eigenvalue weighted by molar-refractivity contribution is -0.137. The number of amidine groups is 1. The molecule has 3 atom stereocenters. The summed E-state index contributed by atoms with van der Waals surface area (Å²) in [6.45, 7) is 2.88. The minimum Gasteiger partial charge on any atom is -0.386 e. The van der Waals surface area contributed by atoms with Gasteiger partial charge in [0, 0.05) is 48.5 Å². The summed E-state index contributed by atoms with van der Waals surface area (Å²) in [5.41, 5.74) is 19.3. The summed E-state index contributed by atoms with van der Waals surface area (Å²) >= 11 is 0. The Labute approximate surface area is 283 Å². The van der Waals surface area contributed by atoms with Gasteiger partial charge in [-0.15, -0.1) is 0 Å². The Kier molecular flexibility index (Phi) is 11.9. The number of piperidine rings is 1. The fourth-order valence-corrected chi connectivity index (χ4v) is 6.78. The smallest absolute Gasteiger partial charge is 0.386 e. The number of nitrogens with zero attached hydrogens (tertiary/aromatic N) is 4. The molecule has 0 unspecified atom stereocenters. The first-order valence-electron chi connectivity index (χ1n) is 17.0. The Morgan fingerprint density at radius 2 is 1.90 bits per heavy atom. The number of benzene rings is 2. The van der Waals surface area contributed by atoms with E-state index in [4.69, 9.17) is 17.2 Å². The van der Waals surface area contributed by atoms with Gasteiger partial charge in [0.15, 0.2) is 0 Å². The van der Waals surface area contributed by atoms with Crippen LogP contribution in [-0.2, 0) is 12.6 Å². The monoisotopic (exact) mass is 682 g/mol. The van der Waals surface area contributed by atoms with Crippen molar-refractivity contribution in [3.05, 3.63) is 81.9 Å². The number of likely N-dealkylation sites (tertiary alicyclic amines) is 1. The third-order valence-corrected chi connectivity index (χ3v) is 9.24. The molecule has 5 rings (SSSR count). The van der Waals surface area contributed by atoms with Crippen LogP contribution in [0.2, 0.25) is 0 Å². The van der Waals surface area contributed by atoms with Crippen molar-refractivity contribution in [1.82, 2.24) is 19.4 Å². The molecule has 7 N–H and O–H groups in total. The van der Waals surface area contributed by atoms with E-state index in [1.165, 1.54) is 10.6 Å². The number of nitrogens with one attached hydrogen (secondary N) is 1. The van der Waals surface area contributed by atoms with Crippen LogP contribution >= 0.6 is 0 Å². The number of H-pyrrole nitrogens is 1. The maximum Gasteiger partial charge on any atom is 0.416 e. The van der Waals surface area contributed by atoms with Crippen molar-refractivity contribution in [3.63, 3.8) is 0 Å². The molecule has 3 heterocycles. The van der Waals surface area contributed by atoms with E-state index in [-0.39, 0.29) is 30.3 Å². The molecule has 0 aliphatic carbocycles. The highest BCUT2D eigenvalue weighted by Crippen LogP contribution is 2.37. The largest absolute Gasteiger partial charge is 0.416 e. The van der Waals surface area contributed by atoms with Crippen LogP contribution in [0.25, 0.3) is 28.0 Å². The van der Waals surface area contributed by atoms with Crippen LogP contribution in [-0.4, -0.2) is 63.7 Å². The Bertz CT molecular complexity index is 1780. The number of aryl methyl sites for hydroxylation is 1. The number of aliphatic imine (C=N–C) groups is 1. The Morgan fingerprint density at radius 3 is 2.59 bits per heavy atom. The van der Waals surface area contributed by atoms with Crippen LogP contribution < -0.4 is 22.9 Å². The van der Waals surface area contributed by atoms with Crippen LogP contribution in [0.4, 0.5) is 17.6 Å². The van der Waals surface area contributed by atoms with E-state index >= 15 is 0 Å². The standard InChI is InChI=1S/C36H46F4N8O/c1-23(42)5-2-6-24-17-26(19-28(18-24)36(38,39)40)31-20-27-22-48(35(49)46-34(27)45-31)30-11-9-25(10-12-30)32-8-3-7-29(47(32)16-4-14-37)13-15-44-33(43)21-41/h9-12,17-20,22-23,29,32H,2-8,13-16,21,41-42H2,1H3,(H2,43,44)(H,45,46,49)/t23-,29-,32-/m0/s1. The number of halogens is 4. The Hall–Kier alpha value is -4.07. The Morgan fingerprint density at radius 1 is 1.12 bits per heavy atom. The van der Waals surface area contributed by atoms with E-state index in [1.807, 2.05) is 31.2 Å². The lowest BCUT2D eigenvalue weighted by Crippen LogP contribution is -2.43. The number of aromatic nitrogens is 3. The number of rotatable bonds is 14. The summed E-state index contributed by atoms with van der Waals surface area (Å²) in [6.07, 6.45) is 3.16. The molecular weight excluding hydrogens is 636 g/mol. The predicted molar refractivity (Wildman–Crippen MR) is 187 cm³/mol. The Balaban J connectivity index is 1.40. The van der Waals surface area contributed by atoms with E-state index < -0.39 is 24.1 Å². The molecule has 4 aromatic rings. The summed E-state index contributed by atoms with van der Waals surface area (Å²) in [7, 11) is 0. The number of aromatic amines is 1. The third-order valence-electron chi connectivity index (χ3n) is 9.24.